The Hall–Kier alpha value is -2.65. The summed E-state index contributed by atoms with van der Waals surface area (Å²) >= 11 is 5.83. The minimum absolute atomic E-state index is 0.0545. The van der Waals surface area contributed by atoms with Crippen LogP contribution in [0.5, 0.6) is 0 Å². The Morgan fingerprint density at radius 3 is 2.39 bits per heavy atom. The van der Waals surface area contributed by atoms with Gasteiger partial charge in [-0.05, 0) is 44.0 Å². The van der Waals surface area contributed by atoms with Crippen LogP contribution in [-0.4, -0.2) is 50.5 Å². The summed E-state index contributed by atoms with van der Waals surface area (Å²) in [5.74, 6) is -1.60. The van der Waals surface area contributed by atoms with Crippen molar-refractivity contribution in [3.05, 3.63) is 64.4 Å². The Balaban J connectivity index is 2.45. The predicted octanol–water partition coefficient (Wildman–Crippen LogP) is 3.50. The Morgan fingerprint density at radius 1 is 1.15 bits per heavy atom. The van der Waals surface area contributed by atoms with Crippen LogP contribution in [0.3, 0.4) is 0 Å². The van der Waals surface area contributed by atoms with Crippen LogP contribution in [0.1, 0.15) is 31.4 Å². The fraction of sp³-hybridized carbons (Fsp3) is 0.391. The Bertz CT molecular complexity index is 1110. The number of amides is 2. The molecule has 2 amide bonds. The molecule has 2 rings (SSSR count). The van der Waals surface area contributed by atoms with Crippen LogP contribution < -0.4 is 9.62 Å². The maximum Gasteiger partial charge on any atom is 0.244 e. The first-order valence-corrected chi connectivity index (χ1v) is 12.8. The number of carbonyl (C=O) groups is 2. The zero-order chi connectivity index (χ0) is 24.8. The third kappa shape index (κ3) is 7.17. The quantitative estimate of drug-likeness (QED) is 0.544. The minimum Gasteiger partial charge on any atom is -0.355 e. The molecule has 33 heavy (non-hydrogen) atoms. The highest BCUT2D eigenvalue weighted by Gasteiger charge is 2.31. The molecule has 2 aromatic rings. The lowest BCUT2D eigenvalue weighted by atomic mass is 10.1. The van der Waals surface area contributed by atoms with Crippen LogP contribution in [0, 0.1) is 12.7 Å². The normalized spacial score (nSPS) is 12.2. The van der Waals surface area contributed by atoms with E-state index in [1.807, 2.05) is 31.2 Å². The van der Waals surface area contributed by atoms with Crippen molar-refractivity contribution in [3.63, 3.8) is 0 Å². The molecular weight excluding hydrogens is 469 g/mol. The number of anilines is 1. The van der Waals surface area contributed by atoms with Gasteiger partial charge in [-0.15, -0.1) is 0 Å². The van der Waals surface area contributed by atoms with E-state index in [4.69, 9.17) is 11.6 Å². The molecule has 1 atom stereocenters. The number of aryl methyl sites for hydroxylation is 1. The highest BCUT2D eigenvalue weighted by molar-refractivity contribution is 7.92. The zero-order valence-corrected chi connectivity index (χ0v) is 20.7. The number of likely N-dealkylation sites (N-methyl/N-ethyl adjacent to an activating group) is 1. The molecule has 0 spiro atoms. The van der Waals surface area contributed by atoms with E-state index in [0.29, 0.717) is 13.0 Å². The summed E-state index contributed by atoms with van der Waals surface area (Å²) < 4.78 is 39.5. The van der Waals surface area contributed by atoms with Crippen LogP contribution in [-0.2, 0) is 26.2 Å². The fourth-order valence-corrected chi connectivity index (χ4v) is 4.49. The number of sulfonamides is 1. The van der Waals surface area contributed by atoms with E-state index < -0.39 is 34.3 Å². The molecule has 180 valence electrons. The van der Waals surface area contributed by atoms with Gasteiger partial charge < -0.3 is 10.2 Å². The molecule has 0 fully saturated rings. The van der Waals surface area contributed by atoms with E-state index in [0.717, 1.165) is 33.8 Å². The molecule has 0 saturated carbocycles. The number of rotatable bonds is 10. The SMILES string of the molecule is CCNC(=O)[C@H](CC)N(Cc1cccc(C)c1)C(=O)CN(c1ccc(F)c(Cl)c1)S(C)(=O)=O. The smallest absolute Gasteiger partial charge is 0.244 e. The molecule has 0 radical (unpaired) electrons. The molecule has 0 aliphatic heterocycles. The monoisotopic (exact) mass is 497 g/mol. The summed E-state index contributed by atoms with van der Waals surface area (Å²) in [6.07, 6.45) is 1.29. The molecule has 0 aliphatic carbocycles. The first-order chi connectivity index (χ1) is 15.5. The second-order valence-electron chi connectivity index (χ2n) is 7.70. The van der Waals surface area contributed by atoms with Crippen LogP contribution in [0.25, 0.3) is 0 Å². The Labute approximate surface area is 199 Å². The number of hydrogen-bond acceptors (Lipinski definition) is 4. The minimum atomic E-state index is -3.91. The van der Waals surface area contributed by atoms with Crippen molar-refractivity contribution in [3.8, 4) is 0 Å². The summed E-state index contributed by atoms with van der Waals surface area (Å²) in [6, 6.07) is 10.1. The number of nitrogens with zero attached hydrogens (tertiary/aromatic N) is 2. The average molecular weight is 498 g/mol. The van der Waals surface area contributed by atoms with Crippen molar-refractivity contribution in [1.29, 1.82) is 0 Å². The number of nitrogens with one attached hydrogen (secondary N) is 1. The van der Waals surface area contributed by atoms with Gasteiger partial charge in [0.15, 0.2) is 0 Å². The molecule has 7 nitrogen and oxygen atoms in total. The second kappa shape index (κ2) is 11.5. The summed E-state index contributed by atoms with van der Waals surface area (Å²) in [5.41, 5.74) is 1.85. The summed E-state index contributed by atoms with van der Waals surface area (Å²) in [4.78, 5) is 27.6. The largest absolute Gasteiger partial charge is 0.355 e. The van der Waals surface area contributed by atoms with Crippen molar-refractivity contribution >= 4 is 39.1 Å². The third-order valence-electron chi connectivity index (χ3n) is 5.04. The van der Waals surface area contributed by atoms with Gasteiger partial charge in [-0.2, -0.15) is 0 Å². The van der Waals surface area contributed by atoms with Gasteiger partial charge in [-0.25, -0.2) is 12.8 Å². The molecule has 0 heterocycles. The lowest BCUT2D eigenvalue weighted by Gasteiger charge is -2.33. The van der Waals surface area contributed by atoms with Crippen molar-refractivity contribution < 1.29 is 22.4 Å². The molecule has 1 N–H and O–H groups in total. The summed E-state index contributed by atoms with van der Waals surface area (Å²) in [7, 11) is -3.91. The van der Waals surface area contributed by atoms with Gasteiger partial charge in [-0.3, -0.25) is 13.9 Å². The topological polar surface area (TPSA) is 86.8 Å². The van der Waals surface area contributed by atoms with Crippen LogP contribution in [0.4, 0.5) is 10.1 Å². The van der Waals surface area contributed by atoms with Gasteiger partial charge in [-0.1, -0.05) is 48.4 Å². The Morgan fingerprint density at radius 2 is 1.85 bits per heavy atom. The molecule has 10 heteroatoms. The van der Waals surface area contributed by atoms with Crippen LogP contribution >= 0.6 is 11.6 Å². The van der Waals surface area contributed by atoms with E-state index in [1.165, 1.54) is 11.0 Å². The van der Waals surface area contributed by atoms with Crippen LogP contribution in [0.15, 0.2) is 42.5 Å². The maximum atomic E-state index is 13.6. The number of halogens is 2. The van der Waals surface area contributed by atoms with Gasteiger partial charge in [0.1, 0.15) is 18.4 Å². The number of carbonyl (C=O) groups excluding carboxylic acids is 2. The molecule has 0 saturated heterocycles. The van der Waals surface area contributed by atoms with E-state index in [2.05, 4.69) is 5.32 Å². The lowest BCUT2D eigenvalue weighted by molar-refractivity contribution is -0.140. The summed E-state index contributed by atoms with van der Waals surface area (Å²) in [5, 5.41) is 2.47. The highest BCUT2D eigenvalue weighted by atomic mass is 35.5. The van der Waals surface area contributed by atoms with Crippen molar-refractivity contribution in [2.24, 2.45) is 0 Å². The number of hydrogen-bond donors (Lipinski definition) is 1. The first-order valence-electron chi connectivity index (χ1n) is 10.5. The molecule has 0 aromatic heterocycles. The van der Waals surface area contributed by atoms with Gasteiger partial charge in [0.05, 0.1) is 17.0 Å². The van der Waals surface area contributed by atoms with E-state index in [1.54, 1.807) is 13.8 Å². The summed E-state index contributed by atoms with van der Waals surface area (Å²) in [6.45, 7) is 5.43. The molecule has 0 unspecified atom stereocenters. The number of benzene rings is 2. The van der Waals surface area contributed by atoms with E-state index in [9.17, 15) is 22.4 Å². The van der Waals surface area contributed by atoms with Crippen molar-refractivity contribution in [2.45, 2.75) is 39.8 Å². The van der Waals surface area contributed by atoms with E-state index >= 15 is 0 Å². The average Bonchev–Trinajstić information content (AvgIpc) is 2.73. The third-order valence-corrected chi connectivity index (χ3v) is 6.47. The Kier molecular flexibility index (Phi) is 9.25. The maximum absolute atomic E-state index is 13.6. The van der Waals surface area contributed by atoms with Crippen LogP contribution in [0.2, 0.25) is 5.02 Å². The predicted molar refractivity (Wildman–Crippen MR) is 128 cm³/mol. The molecule has 2 aromatic carbocycles. The van der Waals surface area contributed by atoms with Gasteiger partial charge in [0.2, 0.25) is 21.8 Å². The van der Waals surface area contributed by atoms with Gasteiger partial charge >= 0.3 is 0 Å². The van der Waals surface area contributed by atoms with Gasteiger partial charge in [0, 0.05) is 13.1 Å². The fourth-order valence-electron chi connectivity index (χ4n) is 3.47. The van der Waals surface area contributed by atoms with E-state index in [-0.39, 0.29) is 23.2 Å². The molecular formula is C23H29ClFN3O4S. The van der Waals surface area contributed by atoms with Gasteiger partial charge in [0.25, 0.3) is 0 Å². The van der Waals surface area contributed by atoms with Crippen molar-refractivity contribution in [2.75, 3.05) is 23.7 Å². The second-order valence-corrected chi connectivity index (χ2v) is 10.0. The van der Waals surface area contributed by atoms with Crippen molar-refractivity contribution in [1.82, 2.24) is 10.2 Å². The molecule has 0 bridgehead atoms. The highest BCUT2D eigenvalue weighted by Crippen LogP contribution is 2.25. The molecule has 0 aliphatic rings. The lowest BCUT2D eigenvalue weighted by Crippen LogP contribution is -2.52. The standard InChI is InChI=1S/C23H29ClFN3O4S/c1-5-21(23(30)26-6-2)27(14-17-9-7-8-16(3)12-17)22(29)15-28(33(4,31)32)18-10-11-20(25)19(24)13-18/h7-13,21H,5-6,14-15H2,1-4H3,(H,26,30)/t21-/m0/s1. The zero-order valence-electron chi connectivity index (χ0n) is 19.1. The first kappa shape index (κ1) is 26.6.